The fourth-order valence-corrected chi connectivity index (χ4v) is 13.2. The van der Waals surface area contributed by atoms with Gasteiger partial charge in [0, 0.05) is 21.1 Å². The molecule has 0 amide bonds. The number of nitrogens with zero attached hydrogens (tertiary/aromatic N) is 4. The molecule has 2 N–H and O–H groups in total. The van der Waals surface area contributed by atoms with Crippen LogP contribution in [0.15, 0.2) is 137 Å². The predicted molar refractivity (Wildman–Crippen MR) is 234 cm³/mol. The van der Waals surface area contributed by atoms with Crippen molar-refractivity contribution < 1.29 is 27.4 Å². The van der Waals surface area contributed by atoms with E-state index in [-0.39, 0.29) is 27.7 Å². The van der Waals surface area contributed by atoms with Crippen molar-refractivity contribution in [2.24, 2.45) is 10.8 Å². The Morgan fingerprint density at radius 1 is 0.689 bits per heavy atom. The molecule has 3 heterocycles. The number of hydrogen-bond donors (Lipinski definition) is 2. The summed E-state index contributed by atoms with van der Waals surface area (Å²) in [6, 6.07) is 29.2. The van der Waals surface area contributed by atoms with Gasteiger partial charge in [-0.1, -0.05) is 61.4 Å². The zero-order valence-electron chi connectivity index (χ0n) is 33.7. The van der Waals surface area contributed by atoms with E-state index < -0.39 is 26.5 Å². The molecule has 4 atom stereocenters. The molecule has 4 aromatic carbocycles. The van der Waals surface area contributed by atoms with Crippen LogP contribution in [0.3, 0.4) is 0 Å². The highest BCUT2D eigenvalue weighted by Crippen LogP contribution is 2.61. The SMILES string of the molecule is C[C@]12Cc3cnn(-c4ccc(F)cc4)c3C=C1CC[C@@]2(O)CS(=O)(=O)c1ccccc1.C[C@]12Cc3cnn(-c4ccc(F)cc4)c3C=C1CC[C@@]2(O)c1csc2ccccc12. The summed E-state index contributed by atoms with van der Waals surface area (Å²) in [7, 11) is -3.64. The van der Waals surface area contributed by atoms with Crippen LogP contribution < -0.4 is 0 Å². The molecule has 4 aliphatic carbocycles. The number of halogens is 2. The Morgan fingerprint density at radius 2 is 1.21 bits per heavy atom. The molecule has 0 unspecified atom stereocenters. The van der Waals surface area contributed by atoms with Crippen molar-refractivity contribution >= 4 is 43.4 Å². The minimum Gasteiger partial charge on any atom is -0.388 e. The Balaban J connectivity index is 0.000000146. The molecule has 8 nitrogen and oxygen atoms in total. The number of sulfone groups is 1. The van der Waals surface area contributed by atoms with Crippen LogP contribution in [-0.2, 0) is 28.3 Å². The van der Waals surface area contributed by atoms with Crippen LogP contribution >= 0.6 is 11.3 Å². The maximum absolute atomic E-state index is 13.4. The Hall–Kier alpha value is -5.53. The first-order chi connectivity index (χ1) is 29.2. The third-order valence-corrected chi connectivity index (χ3v) is 16.8. The lowest BCUT2D eigenvalue weighted by atomic mass is 9.65. The van der Waals surface area contributed by atoms with E-state index in [9.17, 15) is 27.4 Å². The van der Waals surface area contributed by atoms with E-state index in [1.54, 1.807) is 76.8 Å². The van der Waals surface area contributed by atoms with Gasteiger partial charge in [-0.05, 0) is 139 Å². The van der Waals surface area contributed by atoms with Gasteiger partial charge in [0.15, 0.2) is 9.84 Å². The molecule has 0 spiro atoms. The number of rotatable bonds is 6. The summed E-state index contributed by atoms with van der Waals surface area (Å²) in [6.07, 6.45) is 11.6. The summed E-state index contributed by atoms with van der Waals surface area (Å²) in [5.74, 6) is -0.884. The minimum atomic E-state index is -3.64. The van der Waals surface area contributed by atoms with Crippen molar-refractivity contribution in [3.63, 3.8) is 0 Å². The number of benzene rings is 4. The van der Waals surface area contributed by atoms with Crippen molar-refractivity contribution in [1.29, 1.82) is 0 Å². The van der Waals surface area contributed by atoms with Crippen molar-refractivity contribution in [2.45, 2.75) is 68.5 Å². The number of hydrogen-bond acceptors (Lipinski definition) is 7. The van der Waals surface area contributed by atoms with Crippen LogP contribution in [0, 0.1) is 22.5 Å². The predicted octanol–water partition coefficient (Wildman–Crippen LogP) is 9.81. The first-order valence-corrected chi connectivity index (χ1v) is 23.0. The summed E-state index contributed by atoms with van der Waals surface area (Å²) in [6.45, 7) is 4.14. The number of aromatic nitrogens is 4. The topological polar surface area (TPSA) is 110 Å². The van der Waals surface area contributed by atoms with Crippen LogP contribution in [0.2, 0.25) is 0 Å². The van der Waals surface area contributed by atoms with Gasteiger partial charge in [0.1, 0.15) is 17.2 Å². The normalized spacial score (nSPS) is 25.1. The first-order valence-electron chi connectivity index (χ1n) is 20.5. The molecular formula is C49H44F2N4O4S2. The molecular weight excluding hydrogens is 811 g/mol. The summed E-state index contributed by atoms with van der Waals surface area (Å²) < 4.78 is 57.6. The molecule has 0 saturated heterocycles. The molecule has 310 valence electrons. The van der Waals surface area contributed by atoms with Crippen LogP contribution in [0.1, 0.15) is 67.6 Å². The van der Waals surface area contributed by atoms with Gasteiger partial charge in [-0.15, -0.1) is 11.3 Å². The lowest BCUT2D eigenvalue weighted by molar-refractivity contribution is -0.0439. The number of fused-ring (bicyclic) bond motifs is 5. The first kappa shape index (κ1) is 39.6. The second-order valence-electron chi connectivity index (χ2n) is 17.4. The van der Waals surface area contributed by atoms with Crippen molar-refractivity contribution in [3.8, 4) is 11.4 Å². The fraction of sp³-hybridized carbons (Fsp3) is 0.265. The smallest absolute Gasteiger partial charge is 0.181 e. The number of thiophene rings is 1. The molecule has 2 saturated carbocycles. The molecule has 0 radical (unpaired) electrons. The highest BCUT2D eigenvalue weighted by molar-refractivity contribution is 7.91. The van der Waals surface area contributed by atoms with Crippen LogP contribution in [0.25, 0.3) is 33.6 Å². The van der Waals surface area contributed by atoms with Gasteiger partial charge in [0.2, 0.25) is 0 Å². The third-order valence-electron chi connectivity index (χ3n) is 14.0. The average molecular weight is 855 g/mol. The van der Waals surface area contributed by atoms with E-state index in [0.29, 0.717) is 25.7 Å². The lowest BCUT2D eigenvalue weighted by Gasteiger charge is -2.42. The fourth-order valence-electron chi connectivity index (χ4n) is 10.3. The molecule has 7 aromatic rings. The largest absolute Gasteiger partial charge is 0.388 e. The molecule has 3 aromatic heterocycles. The van der Waals surface area contributed by atoms with Gasteiger partial charge in [0.05, 0.1) is 51.4 Å². The molecule has 0 bridgehead atoms. The van der Waals surface area contributed by atoms with Gasteiger partial charge in [0.25, 0.3) is 0 Å². The standard InChI is InChI=1S/C25H21FN2OS.C24H23FN2O3S/c1-24-13-16-14-27-28(19-8-6-18(26)7-9-19)22(16)12-17(24)10-11-25(24,29)21-15-30-23-5-3-2-4-20(21)23;1-23-14-17-15-26-27(20-9-7-19(25)8-10-20)22(17)13-18(23)11-12-24(23,28)16-31(29,30)21-5-3-2-4-6-21/h2-9,12,14-15,29H,10-11,13H2,1H3;2-10,13,15,28H,11-12,14,16H2,1H3/t24-,25+;23-,24+/m00/s1. The Morgan fingerprint density at radius 3 is 1.82 bits per heavy atom. The maximum Gasteiger partial charge on any atom is 0.181 e. The second-order valence-corrected chi connectivity index (χ2v) is 20.3. The van der Waals surface area contributed by atoms with Crippen molar-refractivity contribution in [1.82, 2.24) is 19.6 Å². The van der Waals surface area contributed by atoms with Crippen LogP contribution in [0.5, 0.6) is 0 Å². The Bertz CT molecular complexity index is 3010. The van der Waals surface area contributed by atoms with E-state index in [1.807, 2.05) is 36.0 Å². The van der Waals surface area contributed by atoms with Gasteiger partial charge in [-0.3, -0.25) is 0 Å². The lowest BCUT2D eigenvalue weighted by Crippen LogP contribution is -2.50. The van der Waals surface area contributed by atoms with Crippen molar-refractivity contribution in [3.05, 3.63) is 172 Å². The maximum atomic E-state index is 13.4. The zero-order chi connectivity index (χ0) is 42.4. The highest BCUT2D eigenvalue weighted by atomic mass is 32.2. The summed E-state index contributed by atoms with van der Waals surface area (Å²) >= 11 is 1.70. The highest BCUT2D eigenvalue weighted by Gasteiger charge is 2.58. The van der Waals surface area contributed by atoms with Gasteiger partial charge in [-0.25, -0.2) is 26.6 Å². The molecule has 61 heavy (non-hydrogen) atoms. The van der Waals surface area contributed by atoms with E-state index in [2.05, 4.69) is 40.7 Å². The quantitative estimate of drug-likeness (QED) is 0.173. The van der Waals surface area contributed by atoms with E-state index in [0.717, 1.165) is 63.3 Å². The zero-order valence-corrected chi connectivity index (χ0v) is 35.4. The molecule has 0 aliphatic heterocycles. The van der Waals surface area contributed by atoms with Gasteiger partial charge < -0.3 is 10.2 Å². The molecule has 11 rings (SSSR count). The molecule has 4 aliphatic rings. The molecule has 2 fully saturated rings. The average Bonchev–Trinajstić information content (AvgIpc) is 4.07. The van der Waals surface area contributed by atoms with E-state index in [4.69, 9.17) is 0 Å². The summed E-state index contributed by atoms with van der Waals surface area (Å²) in [5, 5.41) is 36.1. The third kappa shape index (κ3) is 6.28. The van der Waals surface area contributed by atoms with Crippen molar-refractivity contribution in [2.75, 3.05) is 5.75 Å². The second kappa shape index (κ2) is 14.3. The van der Waals surface area contributed by atoms with E-state index in [1.165, 1.54) is 34.5 Å². The number of aliphatic hydroxyl groups is 2. The molecule has 12 heteroatoms. The van der Waals surface area contributed by atoms with Crippen LogP contribution in [0.4, 0.5) is 8.78 Å². The summed E-state index contributed by atoms with van der Waals surface area (Å²) in [5.41, 5.74) is 5.56. The van der Waals surface area contributed by atoms with Gasteiger partial charge in [-0.2, -0.15) is 10.2 Å². The summed E-state index contributed by atoms with van der Waals surface area (Å²) in [4.78, 5) is 0.227. The Kier molecular flexibility index (Phi) is 9.26. The van der Waals surface area contributed by atoms with Crippen LogP contribution in [-0.4, -0.2) is 49.5 Å². The van der Waals surface area contributed by atoms with Gasteiger partial charge >= 0.3 is 0 Å². The van der Waals surface area contributed by atoms with E-state index >= 15 is 0 Å². The monoisotopic (exact) mass is 854 g/mol. The minimum absolute atomic E-state index is 0.227. The Labute approximate surface area is 357 Å².